The van der Waals surface area contributed by atoms with Crippen molar-refractivity contribution in [2.75, 3.05) is 22.9 Å². The number of hydrogen-bond acceptors (Lipinski definition) is 13. The number of benzene rings is 6. The molecule has 8 N–H and O–H groups in total. The lowest BCUT2D eigenvalue weighted by atomic mass is 10.2. The van der Waals surface area contributed by atoms with Gasteiger partial charge in [-0.25, -0.2) is 0 Å². The zero-order chi connectivity index (χ0) is 39.1. The lowest BCUT2D eigenvalue weighted by molar-refractivity contribution is 0.0546. The van der Waals surface area contributed by atoms with Crippen molar-refractivity contribution in [3.8, 4) is 34.5 Å². The summed E-state index contributed by atoms with van der Waals surface area (Å²) in [6.07, 6.45) is 1.69. The lowest BCUT2D eigenvalue weighted by Gasteiger charge is -2.43. The molecule has 16 heteroatoms. The van der Waals surface area contributed by atoms with Crippen molar-refractivity contribution in [2.45, 2.75) is 26.7 Å². The van der Waals surface area contributed by atoms with Gasteiger partial charge in [0.2, 0.25) is 0 Å². The molecule has 1 heterocycles. The van der Waals surface area contributed by atoms with Gasteiger partial charge in [0.1, 0.15) is 34.5 Å². The summed E-state index contributed by atoms with van der Waals surface area (Å²) in [4.78, 5) is 13.5. The Kier molecular flexibility index (Phi) is 12.0. The van der Waals surface area contributed by atoms with E-state index in [0.29, 0.717) is 57.2 Å². The predicted octanol–water partition coefficient (Wildman–Crippen LogP) is 10.8. The third-order valence-corrected chi connectivity index (χ3v) is 15.1. The molecule has 6 aromatic rings. The van der Waals surface area contributed by atoms with Gasteiger partial charge in [-0.05, 0) is 145 Å². The minimum absolute atomic E-state index is 0.403. The first kappa shape index (κ1) is 38.6. The second kappa shape index (κ2) is 17.4. The summed E-state index contributed by atoms with van der Waals surface area (Å²) in [5.74, 6) is 2.71. The van der Waals surface area contributed by atoms with Crippen molar-refractivity contribution >= 4 is 47.3 Å². The Balaban J connectivity index is 1.48. The maximum Gasteiger partial charge on any atom is 0.447 e. The van der Waals surface area contributed by atoms with Crippen LogP contribution in [0.4, 0.5) is 22.7 Å². The van der Waals surface area contributed by atoms with Crippen LogP contribution in [-0.2, 0) is 12.8 Å². The molecule has 1 aliphatic rings. The first-order chi connectivity index (χ1) is 27.2. The van der Waals surface area contributed by atoms with Gasteiger partial charge in [-0.1, -0.05) is 38.1 Å². The summed E-state index contributed by atoms with van der Waals surface area (Å²) in [5.41, 5.74) is 28.8. The van der Waals surface area contributed by atoms with Crippen molar-refractivity contribution in [3.05, 3.63) is 157 Å². The average Bonchev–Trinajstić information content (AvgIpc) is 3.21. The van der Waals surface area contributed by atoms with Gasteiger partial charge in [-0.15, -0.1) is 4.52 Å². The molecule has 2 unspecified atom stereocenters. The molecule has 0 saturated carbocycles. The van der Waals surface area contributed by atoms with Gasteiger partial charge in [0.25, 0.3) is 0 Å². The van der Waals surface area contributed by atoms with Crippen LogP contribution in [0, 0.1) is 0 Å². The van der Waals surface area contributed by atoms with Crippen LogP contribution < -0.4 is 50.7 Å². The molecule has 7 rings (SSSR count). The molecule has 288 valence electrons. The Morgan fingerprint density at radius 2 is 0.821 bits per heavy atom. The van der Waals surface area contributed by atoms with Crippen LogP contribution in [0.15, 0.2) is 150 Å². The summed E-state index contributed by atoms with van der Waals surface area (Å²) in [6.45, 7) is 4.18. The van der Waals surface area contributed by atoms with Crippen LogP contribution in [0.1, 0.15) is 25.0 Å². The fraction of sp³-hybridized carbons (Fsp3) is 0.100. The molecule has 0 fully saturated rings. The van der Waals surface area contributed by atoms with Crippen LogP contribution >= 0.6 is 24.6 Å². The van der Waals surface area contributed by atoms with Gasteiger partial charge in [0, 0.05) is 32.0 Å². The molecule has 0 saturated heterocycles. The molecule has 0 amide bonds. The van der Waals surface area contributed by atoms with Crippen molar-refractivity contribution in [2.24, 2.45) is 4.52 Å². The third kappa shape index (κ3) is 9.40. The van der Waals surface area contributed by atoms with Crippen molar-refractivity contribution in [1.82, 2.24) is 9.21 Å². The van der Waals surface area contributed by atoms with E-state index in [4.69, 9.17) is 55.2 Å². The molecule has 0 spiro atoms. The van der Waals surface area contributed by atoms with Crippen molar-refractivity contribution < 1.29 is 27.8 Å². The van der Waals surface area contributed by atoms with Crippen LogP contribution in [0.25, 0.3) is 0 Å². The number of rotatable bonds is 14. The average molecular weight is 810 g/mol. The highest BCUT2D eigenvalue weighted by atomic mass is 31.3. The van der Waals surface area contributed by atoms with Gasteiger partial charge >= 0.3 is 24.6 Å². The largest absolute Gasteiger partial charge is 0.447 e. The lowest BCUT2D eigenvalue weighted by Crippen LogP contribution is -2.37. The summed E-state index contributed by atoms with van der Waals surface area (Å²) in [5, 5.41) is 0. The maximum atomic E-state index is 7.03. The first-order valence-corrected chi connectivity index (χ1v) is 21.6. The molecule has 0 aliphatic carbocycles. The van der Waals surface area contributed by atoms with E-state index in [-0.39, 0.29) is 0 Å². The summed E-state index contributed by atoms with van der Waals surface area (Å²) in [6, 6.07) is 43.3. The second-order valence-electron chi connectivity index (χ2n) is 12.4. The highest BCUT2D eigenvalue weighted by molar-refractivity contribution is 7.78. The number of nitrogens with two attached hydrogens (primary N) is 4. The standard InChI is InChI=1S/C40H42N7O6P3/c1-3-29-5-17-39(18-6-29)52-56(53-40-19-7-30(4-2)8-20-40)45-54(50-37-25-13-33(43)14-26-37)46(48-35-21-9-31(41)10-22-35)55(51-38-27-15-34(44)16-28-38)47(56)49-36-23-11-32(42)12-24-36/h5-28H,3-4,41-44H2,1-2H3. The van der Waals surface area contributed by atoms with E-state index in [2.05, 4.69) is 13.8 Å². The van der Waals surface area contributed by atoms with Gasteiger partial charge in [0.15, 0.2) is 0 Å². The van der Waals surface area contributed by atoms with E-state index in [1.165, 1.54) is 9.21 Å². The Morgan fingerprint density at radius 1 is 0.464 bits per heavy atom. The highest BCUT2D eigenvalue weighted by Crippen LogP contribution is 2.77. The van der Waals surface area contributed by atoms with E-state index in [9.17, 15) is 0 Å². The Hall–Kier alpha value is -5.67. The number of aryl methyl sites for hydroxylation is 2. The normalized spacial score (nSPS) is 16.6. The molecule has 6 aromatic carbocycles. The van der Waals surface area contributed by atoms with Crippen LogP contribution in [0.3, 0.4) is 0 Å². The molecule has 0 radical (unpaired) electrons. The predicted molar refractivity (Wildman–Crippen MR) is 226 cm³/mol. The quantitative estimate of drug-likeness (QED) is 0.0605. The zero-order valence-corrected chi connectivity index (χ0v) is 33.4. The van der Waals surface area contributed by atoms with E-state index in [0.717, 1.165) is 24.0 Å². The molecular weight excluding hydrogens is 767 g/mol. The fourth-order valence-electron chi connectivity index (χ4n) is 5.14. The SMILES string of the molecule is CCc1ccc(OP2(Oc3ccc(CC)cc3)=NP(Oc3ccc(N)cc3)N(Oc3ccc(N)cc3)P(Oc3ccc(N)cc3)N2Oc2ccc(N)cc2)cc1. The number of anilines is 4. The Labute approximate surface area is 328 Å². The molecule has 2 atom stereocenters. The highest BCUT2D eigenvalue weighted by Gasteiger charge is 2.58. The monoisotopic (exact) mass is 809 g/mol. The molecule has 13 nitrogen and oxygen atoms in total. The van der Waals surface area contributed by atoms with E-state index >= 15 is 0 Å². The Morgan fingerprint density at radius 3 is 1.23 bits per heavy atom. The van der Waals surface area contributed by atoms with Crippen LogP contribution in [-0.4, -0.2) is 9.21 Å². The van der Waals surface area contributed by atoms with Crippen molar-refractivity contribution in [3.63, 3.8) is 0 Å². The number of nitrogens with zero attached hydrogens (tertiary/aromatic N) is 3. The molecule has 56 heavy (non-hydrogen) atoms. The van der Waals surface area contributed by atoms with E-state index in [1.54, 1.807) is 97.1 Å². The van der Waals surface area contributed by atoms with Crippen LogP contribution in [0.5, 0.6) is 34.5 Å². The smallest absolute Gasteiger partial charge is 0.440 e. The fourth-order valence-corrected chi connectivity index (χ4v) is 12.6. The van der Waals surface area contributed by atoms with Gasteiger partial charge < -0.3 is 50.7 Å². The third-order valence-electron chi connectivity index (χ3n) is 8.23. The van der Waals surface area contributed by atoms with Gasteiger partial charge in [0.05, 0.1) is 0 Å². The van der Waals surface area contributed by atoms with Crippen LogP contribution in [0.2, 0.25) is 0 Å². The van der Waals surface area contributed by atoms with E-state index in [1.807, 2.05) is 48.5 Å². The van der Waals surface area contributed by atoms with Gasteiger partial charge in [-0.3, -0.25) is 0 Å². The first-order valence-electron chi connectivity index (χ1n) is 17.7. The summed E-state index contributed by atoms with van der Waals surface area (Å²) >= 11 is 0. The molecule has 0 bridgehead atoms. The topological polar surface area (TPSA) is 178 Å². The summed E-state index contributed by atoms with van der Waals surface area (Å²) < 4.78 is 36.1. The number of hydrogen-bond donors (Lipinski definition) is 4. The molecular formula is C40H42N7O6P3. The number of nitrogen functional groups attached to an aromatic ring is 4. The zero-order valence-electron chi connectivity index (χ0n) is 30.7. The van der Waals surface area contributed by atoms with E-state index < -0.39 is 24.6 Å². The van der Waals surface area contributed by atoms with Gasteiger partial charge in [-0.2, -0.15) is 0 Å². The maximum absolute atomic E-state index is 7.03. The molecule has 0 aromatic heterocycles. The van der Waals surface area contributed by atoms with Crippen molar-refractivity contribution in [1.29, 1.82) is 0 Å². The Bertz CT molecular complexity index is 2200. The second-order valence-corrected chi connectivity index (χ2v) is 17.9. The minimum atomic E-state index is -3.90. The minimum Gasteiger partial charge on any atom is -0.440 e. The molecule has 1 aliphatic heterocycles. The summed E-state index contributed by atoms with van der Waals surface area (Å²) in [7, 11) is -8.39.